The lowest BCUT2D eigenvalue weighted by atomic mass is 9.65. The van der Waals surface area contributed by atoms with Gasteiger partial charge in [-0.25, -0.2) is 0 Å². The molecule has 14 heavy (non-hydrogen) atoms. The average molecular weight is 208 g/mol. The maximum absolute atomic E-state index is 4.68. The molecule has 0 N–H and O–H groups in total. The highest BCUT2D eigenvalue weighted by Crippen LogP contribution is 2.72. The number of thiol groups is 1. The zero-order chi connectivity index (χ0) is 9.34. The molecule has 4 fully saturated rings. The van der Waals surface area contributed by atoms with Crippen LogP contribution in [0.5, 0.6) is 0 Å². The number of rotatable bonds is 1. The molecule has 1 heteroatoms. The summed E-state index contributed by atoms with van der Waals surface area (Å²) in [4.78, 5) is 0. The highest BCUT2D eigenvalue weighted by Gasteiger charge is 2.65. The van der Waals surface area contributed by atoms with E-state index in [4.69, 9.17) is 0 Å². The zero-order valence-electron chi connectivity index (χ0n) is 8.78. The van der Waals surface area contributed by atoms with Crippen LogP contribution in [0.15, 0.2) is 0 Å². The summed E-state index contributed by atoms with van der Waals surface area (Å²) in [6, 6.07) is 0. The van der Waals surface area contributed by atoms with Crippen LogP contribution in [0.3, 0.4) is 0 Å². The standard InChI is InChI=1S/C13H20S/c14-7-13-4-3-10(6-13)11-8-1-2-9(5-8)12(11)13/h8-12,14H,1-7H2. The van der Waals surface area contributed by atoms with Gasteiger partial charge in [0, 0.05) is 0 Å². The summed E-state index contributed by atoms with van der Waals surface area (Å²) in [5.41, 5.74) is 0.721. The van der Waals surface area contributed by atoms with Crippen molar-refractivity contribution >= 4 is 12.6 Å². The van der Waals surface area contributed by atoms with Crippen molar-refractivity contribution in [2.45, 2.75) is 38.5 Å². The molecule has 0 nitrogen and oxygen atoms in total. The van der Waals surface area contributed by atoms with Crippen molar-refractivity contribution in [3.8, 4) is 0 Å². The molecule has 0 amide bonds. The van der Waals surface area contributed by atoms with E-state index in [0.29, 0.717) is 0 Å². The first-order chi connectivity index (χ1) is 6.84. The monoisotopic (exact) mass is 208 g/mol. The van der Waals surface area contributed by atoms with Gasteiger partial charge in [-0.3, -0.25) is 0 Å². The Labute approximate surface area is 92.3 Å². The van der Waals surface area contributed by atoms with Crippen LogP contribution >= 0.6 is 12.6 Å². The van der Waals surface area contributed by atoms with Crippen LogP contribution in [0.25, 0.3) is 0 Å². The van der Waals surface area contributed by atoms with Gasteiger partial charge in [-0.15, -0.1) is 0 Å². The number of fused-ring (bicyclic) bond motifs is 9. The third-order valence-corrected chi connectivity index (χ3v) is 6.86. The second-order valence-electron chi connectivity index (χ2n) is 6.46. The fourth-order valence-corrected chi connectivity index (χ4v) is 6.50. The van der Waals surface area contributed by atoms with Gasteiger partial charge in [-0.1, -0.05) is 0 Å². The Bertz CT molecular complexity index is 274. The molecule has 4 rings (SSSR count). The Hall–Kier alpha value is 0.350. The summed E-state index contributed by atoms with van der Waals surface area (Å²) in [6.45, 7) is 0. The van der Waals surface area contributed by atoms with Gasteiger partial charge < -0.3 is 0 Å². The topological polar surface area (TPSA) is 0 Å². The van der Waals surface area contributed by atoms with Gasteiger partial charge in [0.1, 0.15) is 0 Å². The Morgan fingerprint density at radius 2 is 1.93 bits per heavy atom. The van der Waals surface area contributed by atoms with E-state index in [1.807, 2.05) is 0 Å². The van der Waals surface area contributed by atoms with Crippen molar-refractivity contribution < 1.29 is 0 Å². The molecule has 0 aliphatic heterocycles. The summed E-state index contributed by atoms with van der Waals surface area (Å²) in [6.07, 6.45) is 9.36. The Balaban J connectivity index is 1.78. The Morgan fingerprint density at radius 1 is 1.07 bits per heavy atom. The maximum atomic E-state index is 4.68. The van der Waals surface area contributed by atoms with Crippen molar-refractivity contribution in [2.24, 2.45) is 35.0 Å². The molecule has 0 saturated heterocycles. The van der Waals surface area contributed by atoms with E-state index >= 15 is 0 Å². The fourth-order valence-electron chi connectivity index (χ4n) is 6.00. The van der Waals surface area contributed by atoms with Crippen LogP contribution < -0.4 is 0 Å². The van der Waals surface area contributed by atoms with Crippen molar-refractivity contribution in [2.75, 3.05) is 5.75 Å². The molecule has 0 aromatic rings. The summed E-state index contributed by atoms with van der Waals surface area (Å²) >= 11 is 4.68. The van der Waals surface area contributed by atoms with Gasteiger partial charge in [0.25, 0.3) is 0 Å². The molecular formula is C13H20S. The SMILES string of the molecule is SCC12CCC(C1)C1C3CCC(C3)C12. The van der Waals surface area contributed by atoms with Crippen LogP contribution in [0, 0.1) is 35.0 Å². The molecule has 4 saturated carbocycles. The van der Waals surface area contributed by atoms with Crippen molar-refractivity contribution in [3.63, 3.8) is 0 Å². The highest BCUT2D eigenvalue weighted by molar-refractivity contribution is 7.80. The molecule has 78 valence electrons. The second-order valence-corrected chi connectivity index (χ2v) is 6.78. The van der Waals surface area contributed by atoms with E-state index < -0.39 is 0 Å². The predicted octanol–water partition coefficient (Wildman–Crippen LogP) is 3.38. The molecule has 0 aromatic heterocycles. The van der Waals surface area contributed by atoms with Gasteiger partial charge in [0.05, 0.1) is 0 Å². The molecule has 4 aliphatic carbocycles. The fraction of sp³-hybridized carbons (Fsp3) is 1.00. The maximum Gasteiger partial charge on any atom is -0.00382 e. The zero-order valence-corrected chi connectivity index (χ0v) is 9.68. The van der Waals surface area contributed by atoms with E-state index in [1.54, 1.807) is 32.1 Å². The quantitative estimate of drug-likeness (QED) is 0.496. The first-order valence-corrected chi connectivity index (χ1v) is 7.08. The normalized spacial score (nSPS) is 63.6. The minimum absolute atomic E-state index is 0.721. The van der Waals surface area contributed by atoms with E-state index in [9.17, 15) is 0 Å². The van der Waals surface area contributed by atoms with E-state index in [0.717, 1.165) is 35.0 Å². The van der Waals surface area contributed by atoms with Crippen LogP contribution in [0.4, 0.5) is 0 Å². The minimum atomic E-state index is 0.721. The van der Waals surface area contributed by atoms with E-state index in [2.05, 4.69) is 12.6 Å². The summed E-state index contributed by atoms with van der Waals surface area (Å²) in [7, 11) is 0. The van der Waals surface area contributed by atoms with Gasteiger partial charge in [0.15, 0.2) is 0 Å². The molecule has 0 aromatic carbocycles. The minimum Gasteiger partial charge on any atom is -0.179 e. The number of hydrogen-bond donors (Lipinski definition) is 1. The average Bonchev–Trinajstić information content (AvgIpc) is 2.96. The first kappa shape index (κ1) is 8.50. The summed E-state index contributed by atoms with van der Waals surface area (Å²) in [5.74, 6) is 6.88. The molecule has 4 aliphatic rings. The predicted molar refractivity (Wildman–Crippen MR) is 61.4 cm³/mol. The van der Waals surface area contributed by atoms with Crippen molar-refractivity contribution in [1.82, 2.24) is 0 Å². The smallest absolute Gasteiger partial charge is 0.00382 e. The lowest BCUT2D eigenvalue weighted by Crippen LogP contribution is -2.36. The van der Waals surface area contributed by atoms with Gasteiger partial charge >= 0.3 is 0 Å². The Morgan fingerprint density at radius 3 is 2.79 bits per heavy atom. The van der Waals surface area contributed by atoms with Crippen molar-refractivity contribution in [3.05, 3.63) is 0 Å². The molecule has 0 radical (unpaired) electrons. The summed E-state index contributed by atoms with van der Waals surface area (Å²) in [5, 5.41) is 0. The molecule has 4 bridgehead atoms. The van der Waals surface area contributed by atoms with Crippen LogP contribution in [0.1, 0.15) is 38.5 Å². The highest BCUT2D eigenvalue weighted by atomic mass is 32.1. The number of hydrogen-bond acceptors (Lipinski definition) is 1. The molecular weight excluding hydrogens is 188 g/mol. The van der Waals surface area contributed by atoms with Crippen LogP contribution in [0.2, 0.25) is 0 Å². The van der Waals surface area contributed by atoms with E-state index in [-0.39, 0.29) is 0 Å². The second kappa shape index (κ2) is 2.53. The third-order valence-electron chi connectivity index (χ3n) is 6.23. The molecule has 6 atom stereocenters. The van der Waals surface area contributed by atoms with Crippen molar-refractivity contribution in [1.29, 1.82) is 0 Å². The summed E-state index contributed by atoms with van der Waals surface area (Å²) < 4.78 is 0. The van der Waals surface area contributed by atoms with E-state index in [1.165, 1.54) is 12.2 Å². The molecule has 6 unspecified atom stereocenters. The van der Waals surface area contributed by atoms with Gasteiger partial charge in [-0.05, 0) is 79.3 Å². The Kier molecular flexibility index (Phi) is 1.54. The first-order valence-electron chi connectivity index (χ1n) is 6.45. The van der Waals surface area contributed by atoms with Crippen LogP contribution in [-0.2, 0) is 0 Å². The molecule has 0 heterocycles. The van der Waals surface area contributed by atoms with Crippen LogP contribution in [-0.4, -0.2) is 5.75 Å². The third kappa shape index (κ3) is 0.774. The largest absolute Gasteiger partial charge is 0.179 e. The van der Waals surface area contributed by atoms with Gasteiger partial charge in [-0.2, -0.15) is 12.6 Å². The van der Waals surface area contributed by atoms with Gasteiger partial charge in [0.2, 0.25) is 0 Å². The molecule has 0 spiro atoms. The lowest BCUT2D eigenvalue weighted by Gasteiger charge is -2.41. The lowest BCUT2D eigenvalue weighted by molar-refractivity contribution is 0.0931.